The lowest BCUT2D eigenvalue weighted by Gasteiger charge is -2.09. The van der Waals surface area contributed by atoms with Crippen LogP contribution < -0.4 is 0 Å². The van der Waals surface area contributed by atoms with Crippen molar-refractivity contribution in [1.29, 1.82) is 0 Å². The van der Waals surface area contributed by atoms with Gasteiger partial charge in [0.05, 0.1) is 10.6 Å². The summed E-state index contributed by atoms with van der Waals surface area (Å²) in [6.07, 6.45) is 1.14. The van der Waals surface area contributed by atoms with Crippen molar-refractivity contribution in [3.05, 3.63) is 82.5 Å². The van der Waals surface area contributed by atoms with E-state index in [-0.39, 0.29) is 11.5 Å². The minimum absolute atomic E-state index is 0.171. The van der Waals surface area contributed by atoms with E-state index in [1.54, 1.807) is 0 Å². The summed E-state index contributed by atoms with van der Waals surface area (Å²) in [5.41, 5.74) is 1.96. The van der Waals surface area contributed by atoms with Crippen LogP contribution in [0.1, 0.15) is 0 Å². The number of rotatable bonds is 3. The molecular weight excluding hydrogens is 302 g/mol. The van der Waals surface area contributed by atoms with Gasteiger partial charge in [0, 0.05) is 17.2 Å². The minimum Gasteiger partial charge on any atom is -0.258 e. The van der Waals surface area contributed by atoms with Crippen LogP contribution in [0.2, 0.25) is 0 Å². The molecule has 23 heavy (non-hydrogen) atoms. The van der Waals surface area contributed by atoms with Gasteiger partial charge in [-0.2, -0.15) is 0 Å². The first-order valence-corrected chi connectivity index (χ1v) is 6.71. The predicted octanol–water partition coefficient (Wildman–Crippen LogP) is 4.60. The quantitative estimate of drug-likeness (QED) is 0.524. The first-order valence-electron chi connectivity index (χ1n) is 6.71. The number of nitrogens with zero attached hydrogens (tertiary/aromatic N) is 2. The van der Waals surface area contributed by atoms with Gasteiger partial charge in [0.1, 0.15) is 17.8 Å². The Hall–Kier alpha value is -3.15. The Labute approximate surface area is 130 Å². The van der Waals surface area contributed by atoms with Crippen molar-refractivity contribution in [2.45, 2.75) is 0 Å². The number of hydrogen-bond acceptors (Lipinski definition) is 3. The Kier molecular flexibility index (Phi) is 3.80. The lowest BCUT2D eigenvalue weighted by Crippen LogP contribution is -1.95. The molecule has 3 aromatic rings. The minimum atomic E-state index is -0.547. The summed E-state index contributed by atoms with van der Waals surface area (Å²) >= 11 is 0. The van der Waals surface area contributed by atoms with Gasteiger partial charge in [-0.1, -0.05) is 12.1 Å². The Balaban J connectivity index is 2.20. The molecule has 3 rings (SSSR count). The van der Waals surface area contributed by atoms with Crippen molar-refractivity contribution >= 4 is 5.69 Å². The monoisotopic (exact) mass is 312 g/mol. The number of benzene rings is 2. The van der Waals surface area contributed by atoms with E-state index >= 15 is 0 Å². The topological polar surface area (TPSA) is 56.0 Å². The molecule has 0 saturated heterocycles. The van der Waals surface area contributed by atoms with Crippen LogP contribution in [0.15, 0.2) is 60.8 Å². The fourth-order valence-corrected chi connectivity index (χ4v) is 2.24. The molecule has 1 aromatic heterocycles. The lowest BCUT2D eigenvalue weighted by atomic mass is 9.99. The summed E-state index contributed by atoms with van der Waals surface area (Å²) < 4.78 is 26.2. The smallest absolute Gasteiger partial charge is 0.258 e. The van der Waals surface area contributed by atoms with Crippen LogP contribution in [-0.2, 0) is 0 Å². The van der Waals surface area contributed by atoms with Gasteiger partial charge in [0.25, 0.3) is 5.69 Å². The number of pyridine rings is 1. The van der Waals surface area contributed by atoms with E-state index in [2.05, 4.69) is 4.98 Å². The average Bonchev–Trinajstić information content (AvgIpc) is 2.56. The molecule has 0 aliphatic carbocycles. The molecule has 0 atom stereocenters. The van der Waals surface area contributed by atoms with Crippen molar-refractivity contribution in [2.75, 3.05) is 0 Å². The second-order valence-electron chi connectivity index (χ2n) is 4.86. The van der Waals surface area contributed by atoms with Crippen LogP contribution in [0.4, 0.5) is 14.5 Å². The van der Waals surface area contributed by atoms with Crippen molar-refractivity contribution in [2.24, 2.45) is 0 Å². The van der Waals surface area contributed by atoms with Gasteiger partial charge in [-0.25, -0.2) is 13.8 Å². The number of aromatic nitrogens is 1. The zero-order valence-corrected chi connectivity index (χ0v) is 11.7. The third kappa shape index (κ3) is 3.06. The third-order valence-electron chi connectivity index (χ3n) is 3.36. The van der Waals surface area contributed by atoms with Crippen molar-refractivity contribution in [1.82, 2.24) is 4.98 Å². The van der Waals surface area contributed by atoms with Gasteiger partial charge in [0.15, 0.2) is 0 Å². The summed E-state index contributed by atoms with van der Waals surface area (Å²) in [6.45, 7) is 0. The molecule has 0 aliphatic heterocycles. The highest BCUT2D eigenvalue weighted by atomic mass is 19.1. The Morgan fingerprint density at radius 2 is 1.39 bits per heavy atom. The fraction of sp³-hybridized carbons (Fsp3) is 0. The highest BCUT2D eigenvalue weighted by molar-refractivity contribution is 5.81. The van der Waals surface area contributed by atoms with E-state index in [4.69, 9.17) is 0 Å². The largest absolute Gasteiger partial charge is 0.288 e. The molecule has 0 fully saturated rings. The second-order valence-corrected chi connectivity index (χ2v) is 4.86. The van der Waals surface area contributed by atoms with Crippen molar-refractivity contribution in [3.63, 3.8) is 0 Å². The number of hydrogen-bond donors (Lipinski definition) is 0. The fourth-order valence-electron chi connectivity index (χ4n) is 2.24. The molecule has 1 heterocycles. The Morgan fingerprint density at radius 1 is 0.870 bits per heavy atom. The van der Waals surface area contributed by atoms with Gasteiger partial charge >= 0.3 is 0 Å². The maximum Gasteiger partial charge on any atom is 0.288 e. The van der Waals surface area contributed by atoms with Crippen LogP contribution in [0.3, 0.4) is 0 Å². The standard InChI is InChI=1S/C17H10F2N2O2/c18-13-5-1-11(2-6-13)16-9-15(21(22)23)10-20-17(16)12-3-7-14(19)8-4-12/h1-10H. The summed E-state index contributed by atoms with van der Waals surface area (Å²) in [5, 5.41) is 11.0. The molecule has 0 spiro atoms. The molecule has 4 nitrogen and oxygen atoms in total. The van der Waals surface area contributed by atoms with Crippen LogP contribution >= 0.6 is 0 Å². The number of halogens is 2. The van der Waals surface area contributed by atoms with Crippen LogP contribution in [0.5, 0.6) is 0 Å². The highest BCUT2D eigenvalue weighted by Gasteiger charge is 2.15. The highest BCUT2D eigenvalue weighted by Crippen LogP contribution is 2.33. The van der Waals surface area contributed by atoms with Crippen LogP contribution in [0, 0.1) is 21.7 Å². The molecule has 0 bridgehead atoms. The molecule has 0 radical (unpaired) electrons. The normalized spacial score (nSPS) is 10.5. The molecule has 2 aromatic carbocycles. The van der Waals surface area contributed by atoms with Gasteiger partial charge in [0.2, 0.25) is 0 Å². The summed E-state index contributed by atoms with van der Waals surface area (Å²) in [6, 6.07) is 12.6. The Morgan fingerprint density at radius 3 is 1.91 bits per heavy atom. The van der Waals surface area contributed by atoms with Gasteiger partial charge in [-0.15, -0.1) is 0 Å². The van der Waals surface area contributed by atoms with E-state index in [1.807, 2.05) is 0 Å². The van der Waals surface area contributed by atoms with Gasteiger partial charge in [-0.05, 0) is 42.0 Å². The summed E-state index contributed by atoms with van der Waals surface area (Å²) in [7, 11) is 0. The lowest BCUT2D eigenvalue weighted by molar-refractivity contribution is -0.385. The first kappa shape index (κ1) is 14.8. The molecular formula is C17H10F2N2O2. The zero-order valence-electron chi connectivity index (χ0n) is 11.7. The van der Waals surface area contributed by atoms with Crippen molar-refractivity contribution in [3.8, 4) is 22.4 Å². The van der Waals surface area contributed by atoms with Gasteiger partial charge < -0.3 is 0 Å². The van der Waals surface area contributed by atoms with Crippen LogP contribution in [0.25, 0.3) is 22.4 Å². The van der Waals surface area contributed by atoms with E-state index in [0.29, 0.717) is 22.4 Å². The first-order chi connectivity index (χ1) is 11.0. The van der Waals surface area contributed by atoms with E-state index in [0.717, 1.165) is 6.20 Å². The summed E-state index contributed by atoms with van der Waals surface area (Å²) in [5.74, 6) is -0.797. The van der Waals surface area contributed by atoms with Gasteiger partial charge in [-0.3, -0.25) is 10.1 Å². The molecule has 114 valence electrons. The molecule has 0 unspecified atom stereocenters. The molecule has 0 saturated carbocycles. The zero-order chi connectivity index (χ0) is 16.4. The Bertz CT molecular complexity index is 863. The molecule has 0 aliphatic rings. The SMILES string of the molecule is O=[N+]([O-])c1cnc(-c2ccc(F)cc2)c(-c2ccc(F)cc2)c1. The maximum absolute atomic E-state index is 13.1. The summed E-state index contributed by atoms with van der Waals surface area (Å²) in [4.78, 5) is 14.6. The second kappa shape index (κ2) is 5.92. The molecule has 0 amide bonds. The number of nitro groups is 1. The van der Waals surface area contributed by atoms with E-state index in [1.165, 1.54) is 54.6 Å². The van der Waals surface area contributed by atoms with Crippen LogP contribution in [-0.4, -0.2) is 9.91 Å². The average molecular weight is 312 g/mol. The predicted molar refractivity (Wildman–Crippen MR) is 81.7 cm³/mol. The van der Waals surface area contributed by atoms with E-state index in [9.17, 15) is 18.9 Å². The van der Waals surface area contributed by atoms with E-state index < -0.39 is 10.7 Å². The van der Waals surface area contributed by atoms with Crippen molar-refractivity contribution < 1.29 is 13.7 Å². The maximum atomic E-state index is 13.1. The molecule has 6 heteroatoms. The molecule has 0 N–H and O–H groups in total. The third-order valence-corrected chi connectivity index (χ3v) is 3.36.